The van der Waals surface area contributed by atoms with Crippen molar-refractivity contribution in [3.05, 3.63) is 70.8 Å². The van der Waals surface area contributed by atoms with E-state index in [9.17, 15) is 9.59 Å². The van der Waals surface area contributed by atoms with Crippen molar-refractivity contribution in [1.82, 2.24) is 5.32 Å². The predicted octanol–water partition coefficient (Wildman–Crippen LogP) is 4.41. The molecule has 2 aromatic carbocycles. The second-order valence-corrected chi connectivity index (χ2v) is 6.81. The monoisotopic (exact) mass is 335 g/mol. The van der Waals surface area contributed by atoms with Gasteiger partial charge in [-0.25, -0.2) is 0 Å². The second-order valence-electron chi connectivity index (χ2n) is 6.81. The van der Waals surface area contributed by atoms with Gasteiger partial charge < -0.3 is 5.32 Å². The first kappa shape index (κ1) is 17.4. The summed E-state index contributed by atoms with van der Waals surface area (Å²) >= 11 is 0. The number of fused-ring (bicyclic) bond motifs is 1. The van der Waals surface area contributed by atoms with Crippen LogP contribution in [-0.4, -0.2) is 11.7 Å². The lowest BCUT2D eigenvalue weighted by atomic mass is 9.89. The molecule has 0 heterocycles. The summed E-state index contributed by atoms with van der Waals surface area (Å²) < 4.78 is 0. The molecule has 1 N–H and O–H groups in total. The van der Waals surface area contributed by atoms with E-state index in [4.69, 9.17) is 0 Å². The van der Waals surface area contributed by atoms with Crippen molar-refractivity contribution in [2.75, 3.05) is 0 Å². The normalized spacial score (nSPS) is 14.4. The second kappa shape index (κ2) is 8.11. The van der Waals surface area contributed by atoms with Crippen molar-refractivity contribution >= 4 is 11.7 Å². The minimum atomic E-state index is -0.0745. The van der Waals surface area contributed by atoms with Crippen LogP contribution in [0.1, 0.15) is 65.7 Å². The molecule has 1 aliphatic carbocycles. The Morgan fingerprint density at radius 1 is 0.960 bits per heavy atom. The summed E-state index contributed by atoms with van der Waals surface area (Å²) in [6.07, 6.45) is 5.29. The minimum Gasteiger partial charge on any atom is -0.350 e. The molecule has 3 nitrogen and oxygen atoms in total. The van der Waals surface area contributed by atoms with Crippen molar-refractivity contribution in [2.24, 2.45) is 0 Å². The Balaban J connectivity index is 1.53. The van der Waals surface area contributed by atoms with Crippen LogP contribution < -0.4 is 5.32 Å². The molecule has 0 aliphatic heterocycles. The highest BCUT2D eigenvalue weighted by molar-refractivity contribution is 5.97. The lowest BCUT2D eigenvalue weighted by Gasteiger charge is -2.20. The van der Waals surface area contributed by atoms with Gasteiger partial charge in [-0.05, 0) is 49.3 Å². The molecule has 3 heteroatoms. The molecule has 1 unspecified atom stereocenters. The first-order chi connectivity index (χ1) is 12.1. The molecule has 1 atom stereocenters. The van der Waals surface area contributed by atoms with E-state index in [1.165, 1.54) is 24.0 Å². The molecule has 0 fully saturated rings. The van der Waals surface area contributed by atoms with Crippen LogP contribution in [0.25, 0.3) is 0 Å². The van der Waals surface area contributed by atoms with E-state index in [1.54, 1.807) is 12.1 Å². The number of ketones is 1. The standard InChI is InChI=1S/C22H25NO2/c1-16(19-12-11-17-7-5-6-10-20(17)15-19)23-22(25)14-13-21(24)18-8-3-2-4-9-18/h2-4,8-9,11-12,15-16H,5-7,10,13-14H2,1H3,(H,23,25). The van der Waals surface area contributed by atoms with Crippen molar-refractivity contribution in [3.8, 4) is 0 Å². The average molecular weight is 335 g/mol. The number of amides is 1. The van der Waals surface area contributed by atoms with Gasteiger partial charge in [0.2, 0.25) is 5.91 Å². The smallest absolute Gasteiger partial charge is 0.220 e. The summed E-state index contributed by atoms with van der Waals surface area (Å²) in [6, 6.07) is 15.6. The predicted molar refractivity (Wildman–Crippen MR) is 99.6 cm³/mol. The Morgan fingerprint density at radius 3 is 2.44 bits per heavy atom. The zero-order valence-corrected chi connectivity index (χ0v) is 14.8. The topological polar surface area (TPSA) is 46.2 Å². The molecule has 0 spiro atoms. The minimum absolute atomic E-state index is 0.0113. The fourth-order valence-corrected chi connectivity index (χ4v) is 3.42. The third kappa shape index (κ3) is 4.56. The molecule has 0 saturated heterocycles. The van der Waals surface area contributed by atoms with Gasteiger partial charge in [-0.3, -0.25) is 9.59 Å². The van der Waals surface area contributed by atoms with E-state index < -0.39 is 0 Å². The highest BCUT2D eigenvalue weighted by Crippen LogP contribution is 2.24. The Hall–Kier alpha value is -2.42. The SMILES string of the molecule is CC(NC(=O)CCC(=O)c1ccccc1)c1ccc2c(c1)CCCC2. The molecule has 25 heavy (non-hydrogen) atoms. The highest BCUT2D eigenvalue weighted by Gasteiger charge is 2.15. The van der Waals surface area contributed by atoms with Gasteiger partial charge in [-0.2, -0.15) is 0 Å². The average Bonchev–Trinajstić information content (AvgIpc) is 2.66. The summed E-state index contributed by atoms with van der Waals surface area (Å²) in [6.45, 7) is 2.00. The van der Waals surface area contributed by atoms with Gasteiger partial charge in [0.05, 0.1) is 6.04 Å². The zero-order chi connectivity index (χ0) is 17.6. The number of rotatable bonds is 6. The Morgan fingerprint density at radius 2 is 1.68 bits per heavy atom. The first-order valence-corrected chi connectivity index (χ1v) is 9.13. The van der Waals surface area contributed by atoms with E-state index in [-0.39, 0.29) is 30.6 Å². The zero-order valence-electron chi connectivity index (χ0n) is 14.8. The number of carbonyl (C=O) groups excluding carboxylic acids is 2. The Labute approximate surface area is 149 Å². The fraction of sp³-hybridized carbons (Fsp3) is 0.364. The van der Waals surface area contributed by atoms with Gasteiger partial charge >= 0.3 is 0 Å². The van der Waals surface area contributed by atoms with Gasteiger partial charge in [0.25, 0.3) is 0 Å². The number of aryl methyl sites for hydroxylation is 2. The van der Waals surface area contributed by atoms with E-state index >= 15 is 0 Å². The van der Waals surface area contributed by atoms with Gasteiger partial charge in [0, 0.05) is 18.4 Å². The summed E-state index contributed by atoms with van der Waals surface area (Å²) in [5, 5.41) is 3.02. The molecule has 1 aliphatic rings. The van der Waals surface area contributed by atoms with Crippen LogP contribution in [0.15, 0.2) is 48.5 Å². The maximum Gasteiger partial charge on any atom is 0.220 e. The van der Waals surface area contributed by atoms with Gasteiger partial charge in [0.1, 0.15) is 0 Å². The fourth-order valence-electron chi connectivity index (χ4n) is 3.42. The Bertz CT molecular complexity index is 752. The van der Waals surface area contributed by atoms with E-state index in [1.807, 2.05) is 25.1 Å². The van der Waals surface area contributed by atoms with Crippen LogP contribution in [0, 0.1) is 0 Å². The quantitative estimate of drug-likeness (QED) is 0.795. The van der Waals surface area contributed by atoms with Gasteiger partial charge in [-0.1, -0.05) is 48.5 Å². The largest absolute Gasteiger partial charge is 0.350 e. The summed E-state index contributed by atoms with van der Waals surface area (Å²) in [5.74, 6) is -0.0633. The van der Waals surface area contributed by atoms with Crippen molar-refractivity contribution < 1.29 is 9.59 Å². The van der Waals surface area contributed by atoms with Crippen molar-refractivity contribution in [1.29, 1.82) is 0 Å². The number of carbonyl (C=O) groups is 2. The van der Waals surface area contributed by atoms with Crippen LogP contribution in [-0.2, 0) is 17.6 Å². The van der Waals surface area contributed by atoms with E-state index in [2.05, 4.69) is 23.5 Å². The van der Waals surface area contributed by atoms with E-state index in [0.717, 1.165) is 18.4 Å². The molecule has 2 aromatic rings. The van der Waals surface area contributed by atoms with Gasteiger partial charge in [0.15, 0.2) is 5.78 Å². The van der Waals surface area contributed by atoms with E-state index in [0.29, 0.717) is 5.56 Å². The molecule has 130 valence electrons. The molecular weight excluding hydrogens is 310 g/mol. The molecule has 0 radical (unpaired) electrons. The number of hydrogen-bond acceptors (Lipinski definition) is 2. The first-order valence-electron chi connectivity index (χ1n) is 9.13. The Kier molecular flexibility index (Phi) is 5.64. The highest BCUT2D eigenvalue weighted by atomic mass is 16.2. The molecule has 0 saturated carbocycles. The number of Topliss-reactive ketones (excluding diaryl/α,β-unsaturated/α-hetero) is 1. The number of hydrogen-bond donors (Lipinski definition) is 1. The number of benzene rings is 2. The summed E-state index contributed by atoms with van der Waals surface area (Å²) in [5.41, 5.74) is 4.67. The molecule has 0 bridgehead atoms. The van der Waals surface area contributed by atoms with Crippen LogP contribution in [0.3, 0.4) is 0 Å². The lowest BCUT2D eigenvalue weighted by molar-refractivity contribution is -0.121. The summed E-state index contributed by atoms with van der Waals surface area (Å²) in [4.78, 5) is 24.3. The molecule has 1 amide bonds. The van der Waals surface area contributed by atoms with Crippen molar-refractivity contribution in [2.45, 2.75) is 51.5 Å². The maximum atomic E-state index is 12.2. The third-order valence-corrected chi connectivity index (χ3v) is 4.92. The molecular formula is C22H25NO2. The van der Waals surface area contributed by atoms with Crippen LogP contribution in [0.2, 0.25) is 0 Å². The molecule has 0 aromatic heterocycles. The third-order valence-electron chi connectivity index (χ3n) is 4.92. The van der Waals surface area contributed by atoms with Crippen molar-refractivity contribution in [3.63, 3.8) is 0 Å². The molecule has 3 rings (SSSR count). The van der Waals surface area contributed by atoms with Crippen LogP contribution in [0.5, 0.6) is 0 Å². The van der Waals surface area contributed by atoms with Crippen LogP contribution >= 0.6 is 0 Å². The van der Waals surface area contributed by atoms with Gasteiger partial charge in [-0.15, -0.1) is 0 Å². The number of nitrogens with one attached hydrogen (secondary N) is 1. The maximum absolute atomic E-state index is 12.2. The summed E-state index contributed by atoms with van der Waals surface area (Å²) in [7, 11) is 0. The lowest BCUT2D eigenvalue weighted by Crippen LogP contribution is -2.27. The van der Waals surface area contributed by atoms with Crippen LogP contribution in [0.4, 0.5) is 0 Å².